The minimum atomic E-state index is 0.688. The maximum absolute atomic E-state index is 6.46. The molecule has 0 aliphatic rings. The molecule has 0 aliphatic heterocycles. The summed E-state index contributed by atoms with van der Waals surface area (Å²) in [6, 6.07) is 59.6. The van der Waals surface area contributed by atoms with Crippen molar-refractivity contribution >= 4 is 53.6 Å². The number of nitrogens with zero attached hydrogens (tertiary/aromatic N) is 2. The molecule has 0 fully saturated rings. The molecule has 234 valence electrons. The van der Waals surface area contributed by atoms with Gasteiger partial charge in [0.2, 0.25) is 0 Å². The molecule has 0 aliphatic carbocycles. The van der Waals surface area contributed by atoms with E-state index in [1.807, 2.05) is 18.2 Å². The lowest BCUT2D eigenvalue weighted by Crippen LogP contribution is -1.94. The molecule has 10 rings (SSSR count). The molecule has 4 heteroatoms. The van der Waals surface area contributed by atoms with Crippen LogP contribution >= 0.6 is 11.3 Å². The highest BCUT2D eigenvalue weighted by Gasteiger charge is 2.20. The van der Waals surface area contributed by atoms with Gasteiger partial charge in [-0.25, -0.2) is 9.97 Å². The Kier molecular flexibility index (Phi) is 6.68. The number of aromatic nitrogens is 2. The molecular weight excluding hydrogens is 629 g/mol. The molecule has 0 saturated carbocycles. The number of thiophene rings is 1. The summed E-state index contributed by atoms with van der Waals surface area (Å²) in [5.74, 6) is 0.688. The number of hydrogen-bond donors (Lipinski definition) is 0. The molecule has 0 amide bonds. The average molecular weight is 657 g/mol. The summed E-state index contributed by atoms with van der Waals surface area (Å²) in [4.78, 5) is 10.7. The van der Waals surface area contributed by atoms with Crippen LogP contribution in [0, 0.1) is 0 Å². The Balaban J connectivity index is 1.16. The van der Waals surface area contributed by atoms with Crippen molar-refractivity contribution in [1.82, 2.24) is 9.97 Å². The SMILES string of the molecule is c1ccc(-c2ccc(-c3nc(-c4cccc5oc6ccc(-c7cccc(-c8ccccc8)c7)cc6c45)nc4c3sc3ccccc34)cc2)cc1. The zero-order valence-electron chi connectivity index (χ0n) is 26.9. The number of benzene rings is 7. The third kappa shape index (κ3) is 4.80. The molecule has 0 atom stereocenters. The Morgan fingerprint density at radius 1 is 0.420 bits per heavy atom. The van der Waals surface area contributed by atoms with Gasteiger partial charge in [0.1, 0.15) is 11.2 Å². The summed E-state index contributed by atoms with van der Waals surface area (Å²) in [5.41, 5.74) is 12.6. The molecule has 3 aromatic heterocycles. The molecule has 0 spiro atoms. The quantitative estimate of drug-likeness (QED) is 0.185. The van der Waals surface area contributed by atoms with E-state index in [2.05, 4.69) is 152 Å². The maximum atomic E-state index is 6.46. The molecule has 3 heterocycles. The first-order valence-electron chi connectivity index (χ1n) is 16.7. The van der Waals surface area contributed by atoms with Crippen LogP contribution in [0.25, 0.3) is 98.3 Å². The van der Waals surface area contributed by atoms with Crippen molar-refractivity contribution in [2.24, 2.45) is 0 Å². The molecule has 0 bridgehead atoms. The van der Waals surface area contributed by atoms with Crippen LogP contribution in [0.15, 0.2) is 174 Å². The highest BCUT2D eigenvalue weighted by atomic mass is 32.1. The van der Waals surface area contributed by atoms with Gasteiger partial charge in [-0.05, 0) is 63.7 Å². The second-order valence-electron chi connectivity index (χ2n) is 12.6. The summed E-state index contributed by atoms with van der Waals surface area (Å²) in [6.45, 7) is 0. The zero-order valence-corrected chi connectivity index (χ0v) is 27.7. The van der Waals surface area contributed by atoms with Crippen molar-refractivity contribution in [3.63, 3.8) is 0 Å². The van der Waals surface area contributed by atoms with E-state index >= 15 is 0 Å². The van der Waals surface area contributed by atoms with Crippen LogP contribution in [-0.2, 0) is 0 Å². The topological polar surface area (TPSA) is 38.9 Å². The Hall–Kier alpha value is -6.36. The minimum Gasteiger partial charge on any atom is -0.456 e. The summed E-state index contributed by atoms with van der Waals surface area (Å²) >= 11 is 1.75. The molecule has 3 nitrogen and oxygen atoms in total. The molecule has 0 radical (unpaired) electrons. The largest absolute Gasteiger partial charge is 0.456 e. The van der Waals surface area contributed by atoms with Crippen LogP contribution < -0.4 is 0 Å². The number of rotatable bonds is 5. The van der Waals surface area contributed by atoms with Crippen LogP contribution in [0.4, 0.5) is 0 Å². The van der Waals surface area contributed by atoms with Crippen molar-refractivity contribution in [1.29, 1.82) is 0 Å². The predicted octanol–water partition coefficient (Wildman–Crippen LogP) is 13.1. The second kappa shape index (κ2) is 11.7. The van der Waals surface area contributed by atoms with Gasteiger partial charge in [0.25, 0.3) is 0 Å². The van der Waals surface area contributed by atoms with Crippen molar-refractivity contribution in [2.45, 2.75) is 0 Å². The van der Waals surface area contributed by atoms with Gasteiger partial charge in [-0.2, -0.15) is 0 Å². The van der Waals surface area contributed by atoms with E-state index in [1.54, 1.807) is 11.3 Å². The van der Waals surface area contributed by atoms with Crippen molar-refractivity contribution in [2.75, 3.05) is 0 Å². The fraction of sp³-hybridized carbons (Fsp3) is 0. The van der Waals surface area contributed by atoms with E-state index in [0.29, 0.717) is 5.82 Å². The Labute approximate surface area is 292 Å². The van der Waals surface area contributed by atoms with Gasteiger partial charge in [0, 0.05) is 32.0 Å². The third-order valence-corrected chi connectivity index (χ3v) is 10.7. The van der Waals surface area contributed by atoms with Gasteiger partial charge >= 0.3 is 0 Å². The maximum Gasteiger partial charge on any atom is 0.161 e. The lowest BCUT2D eigenvalue weighted by atomic mass is 9.97. The van der Waals surface area contributed by atoms with Gasteiger partial charge in [0.15, 0.2) is 5.82 Å². The Morgan fingerprint density at radius 2 is 1.02 bits per heavy atom. The summed E-state index contributed by atoms with van der Waals surface area (Å²) < 4.78 is 8.75. The standard InChI is InChI=1S/C46H28N2OS/c1-3-11-29(12-4-1)31-21-23-32(24-22-31)43-45-44(36-17-7-8-20-41(36)50-45)48-46(47-43)37-18-10-19-40-42(37)38-28-35(25-26-39(38)49-40)34-16-9-15-33(27-34)30-13-5-2-6-14-30/h1-28H. The number of furan rings is 1. The van der Waals surface area contributed by atoms with Crippen LogP contribution in [0.5, 0.6) is 0 Å². The van der Waals surface area contributed by atoms with Crippen molar-refractivity contribution < 1.29 is 4.42 Å². The number of hydrogen-bond acceptors (Lipinski definition) is 4. The fourth-order valence-electron chi connectivity index (χ4n) is 7.06. The molecule has 0 saturated heterocycles. The zero-order chi connectivity index (χ0) is 33.0. The van der Waals surface area contributed by atoms with E-state index in [-0.39, 0.29) is 0 Å². The monoisotopic (exact) mass is 656 g/mol. The lowest BCUT2D eigenvalue weighted by Gasteiger charge is -2.09. The van der Waals surface area contributed by atoms with Crippen LogP contribution in [-0.4, -0.2) is 9.97 Å². The van der Waals surface area contributed by atoms with E-state index in [9.17, 15) is 0 Å². The molecular formula is C46H28N2OS. The number of fused-ring (bicyclic) bond motifs is 6. The Bertz CT molecular complexity index is 2850. The predicted molar refractivity (Wildman–Crippen MR) is 209 cm³/mol. The third-order valence-electron chi connectivity index (χ3n) is 9.52. The molecule has 10 aromatic rings. The van der Waals surface area contributed by atoms with Crippen molar-refractivity contribution in [3.8, 4) is 56.0 Å². The lowest BCUT2D eigenvalue weighted by molar-refractivity contribution is 0.669. The minimum absolute atomic E-state index is 0.688. The van der Waals surface area contributed by atoms with Crippen LogP contribution in [0.3, 0.4) is 0 Å². The van der Waals surface area contributed by atoms with Gasteiger partial charge in [0.05, 0.1) is 15.9 Å². The highest BCUT2D eigenvalue weighted by molar-refractivity contribution is 7.26. The van der Waals surface area contributed by atoms with E-state index in [1.165, 1.54) is 27.0 Å². The first-order valence-corrected chi connectivity index (χ1v) is 17.6. The smallest absolute Gasteiger partial charge is 0.161 e. The fourth-order valence-corrected chi connectivity index (χ4v) is 8.21. The Morgan fingerprint density at radius 3 is 1.82 bits per heavy atom. The summed E-state index contributed by atoms with van der Waals surface area (Å²) in [6.07, 6.45) is 0. The van der Waals surface area contributed by atoms with Crippen LogP contribution in [0.1, 0.15) is 0 Å². The summed E-state index contributed by atoms with van der Waals surface area (Å²) in [7, 11) is 0. The van der Waals surface area contributed by atoms with E-state index in [4.69, 9.17) is 14.4 Å². The summed E-state index contributed by atoms with van der Waals surface area (Å²) in [5, 5.41) is 3.21. The van der Waals surface area contributed by atoms with Crippen LogP contribution in [0.2, 0.25) is 0 Å². The first-order chi connectivity index (χ1) is 24.8. The van der Waals surface area contributed by atoms with Gasteiger partial charge in [-0.3, -0.25) is 0 Å². The van der Waals surface area contributed by atoms with E-state index in [0.717, 1.165) is 65.5 Å². The van der Waals surface area contributed by atoms with Gasteiger partial charge in [-0.15, -0.1) is 11.3 Å². The molecule has 7 aromatic carbocycles. The highest BCUT2D eigenvalue weighted by Crippen LogP contribution is 2.42. The van der Waals surface area contributed by atoms with Crippen molar-refractivity contribution in [3.05, 3.63) is 170 Å². The molecule has 0 N–H and O–H groups in total. The normalized spacial score (nSPS) is 11.6. The molecule has 50 heavy (non-hydrogen) atoms. The molecule has 0 unspecified atom stereocenters. The average Bonchev–Trinajstić information content (AvgIpc) is 3.76. The van der Waals surface area contributed by atoms with E-state index < -0.39 is 0 Å². The first kappa shape index (κ1) is 28.6. The van der Waals surface area contributed by atoms with Gasteiger partial charge in [-0.1, -0.05) is 140 Å². The second-order valence-corrected chi connectivity index (χ2v) is 13.6. The van der Waals surface area contributed by atoms with Gasteiger partial charge < -0.3 is 4.42 Å².